The van der Waals surface area contributed by atoms with Gasteiger partial charge in [0.15, 0.2) is 0 Å². The molecular formula is C12H27NO3. The molecule has 1 aliphatic heterocycles. The molecule has 4 nitrogen and oxygen atoms in total. The first-order valence-corrected chi connectivity index (χ1v) is 5.98. The molecule has 1 atom stereocenters. The molecule has 4 heteroatoms. The minimum Gasteiger partial charge on any atom is -0.468 e. The maximum Gasteiger partial charge on any atom is 0.293 e. The maximum absolute atomic E-state index is 9.49. The molecule has 0 aromatic heterocycles. The van der Waals surface area contributed by atoms with Gasteiger partial charge in [0.05, 0.1) is 12.7 Å². The summed E-state index contributed by atoms with van der Waals surface area (Å²) in [6.07, 6.45) is 0.904. The first-order valence-electron chi connectivity index (χ1n) is 5.98. The number of likely N-dealkylation sites (tertiary alicyclic amines) is 1. The van der Waals surface area contributed by atoms with Gasteiger partial charge in [-0.05, 0) is 19.4 Å². The molecule has 1 unspecified atom stereocenters. The lowest BCUT2D eigenvalue weighted by molar-refractivity contribution is -0.129. The van der Waals surface area contributed by atoms with Crippen LogP contribution in [0.4, 0.5) is 0 Å². The van der Waals surface area contributed by atoms with E-state index >= 15 is 0 Å². The summed E-state index contributed by atoms with van der Waals surface area (Å²) in [5.74, 6) is 0.449. The summed E-state index contributed by atoms with van der Waals surface area (Å²) >= 11 is 0. The molecule has 1 heterocycles. The van der Waals surface area contributed by atoms with Crippen LogP contribution >= 0.6 is 0 Å². The molecule has 1 saturated heterocycles. The van der Waals surface area contributed by atoms with Crippen LogP contribution in [0.3, 0.4) is 0 Å². The van der Waals surface area contributed by atoms with E-state index in [9.17, 15) is 4.79 Å². The van der Waals surface area contributed by atoms with Crippen molar-refractivity contribution >= 4 is 6.47 Å². The van der Waals surface area contributed by atoms with Gasteiger partial charge in [-0.15, -0.1) is 0 Å². The van der Waals surface area contributed by atoms with Crippen LogP contribution < -0.4 is 0 Å². The molecule has 1 N–H and O–H groups in total. The van der Waals surface area contributed by atoms with E-state index in [-0.39, 0.29) is 6.10 Å². The van der Waals surface area contributed by atoms with Crippen LogP contribution in [0.2, 0.25) is 0 Å². The van der Waals surface area contributed by atoms with Gasteiger partial charge < -0.3 is 14.7 Å². The molecule has 0 aliphatic carbocycles. The molecule has 0 radical (unpaired) electrons. The first-order chi connectivity index (χ1) is 7.56. The van der Waals surface area contributed by atoms with Crippen molar-refractivity contribution in [2.24, 2.45) is 5.92 Å². The molecule has 98 valence electrons. The van der Waals surface area contributed by atoms with Gasteiger partial charge in [0.2, 0.25) is 0 Å². The molecule has 16 heavy (non-hydrogen) atoms. The summed E-state index contributed by atoms with van der Waals surface area (Å²) in [4.78, 5) is 11.6. The second kappa shape index (κ2) is 12.5. The maximum atomic E-state index is 9.49. The smallest absolute Gasteiger partial charge is 0.293 e. The van der Waals surface area contributed by atoms with Crippen LogP contribution in [0.25, 0.3) is 0 Å². The highest BCUT2D eigenvalue weighted by Gasteiger charge is 2.15. The quantitative estimate of drug-likeness (QED) is 0.751. The largest absolute Gasteiger partial charge is 0.468 e. The molecule has 0 aromatic rings. The highest BCUT2D eigenvalue weighted by Crippen LogP contribution is 2.03. The molecule has 0 aromatic carbocycles. The van der Waals surface area contributed by atoms with Gasteiger partial charge in [0.25, 0.3) is 6.47 Å². The van der Waals surface area contributed by atoms with Crippen molar-refractivity contribution in [2.45, 2.75) is 40.2 Å². The average Bonchev–Trinajstić information content (AvgIpc) is 2.63. The number of nitrogens with zero attached hydrogens (tertiary/aromatic N) is 1. The van der Waals surface area contributed by atoms with Gasteiger partial charge in [0.1, 0.15) is 0 Å². The third kappa shape index (κ3) is 13.4. The van der Waals surface area contributed by atoms with Gasteiger partial charge in [-0.1, -0.05) is 27.7 Å². The minimum atomic E-state index is -0.0509. The highest BCUT2D eigenvalue weighted by molar-refractivity contribution is 5.36. The Bertz CT molecular complexity index is 143. The van der Waals surface area contributed by atoms with Gasteiger partial charge in [-0.2, -0.15) is 0 Å². The molecule has 1 fully saturated rings. The Balaban J connectivity index is 0. The summed E-state index contributed by atoms with van der Waals surface area (Å²) in [5.41, 5.74) is 0. The first kappa shape index (κ1) is 17.8. The van der Waals surface area contributed by atoms with E-state index in [4.69, 9.17) is 5.11 Å². The van der Waals surface area contributed by atoms with Gasteiger partial charge in [-0.25, -0.2) is 0 Å². The predicted molar refractivity (Wildman–Crippen MR) is 66.3 cm³/mol. The normalized spacial score (nSPS) is 19.3. The van der Waals surface area contributed by atoms with Crippen LogP contribution in [0.15, 0.2) is 0 Å². The zero-order chi connectivity index (χ0) is 13.0. The lowest BCUT2D eigenvalue weighted by Gasteiger charge is -2.02. The Morgan fingerprint density at radius 2 is 2.06 bits per heavy atom. The van der Waals surface area contributed by atoms with Crippen LogP contribution in [0, 0.1) is 5.92 Å². The van der Waals surface area contributed by atoms with E-state index in [1.807, 2.05) is 34.7 Å². The number of aliphatic hydroxyl groups excluding tert-OH is 1. The zero-order valence-corrected chi connectivity index (χ0v) is 11.3. The lowest BCUT2D eigenvalue weighted by atomic mass is 10.2. The third-order valence-electron chi connectivity index (χ3n) is 1.86. The third-order valence-corrected chi connectivity index (χ3v) is 1.86. The zero-order valence-electron chi connectivity index (χ0n) is 11.3. The number of β-amino-alcohol motifs (C(OH)–C–C–N with tert-alkyl or cyclic N) is 1. The summed E-state index contributed by atoms with van der Waals surface area (Å²) in [5, 5.41) is 8.86. The summed E-state index contributed by atoms with van der Waals surface area (Å²) in [7, 11) is 2.02. The van der Waals surface area contributed by atoms with E-state index in [0.717, 1.165) is 19.5 Å². The van der Waals surface area contributed by atoms with Crippen molar-refractivity contribution in [3.63, 3.8) is 0 Å². The van der Waals surface area contributed by atoms with E-state index in [1.165, 1.54) is 0 Å². The van der Waals surface area contributed by atoms with Crippen LogP contribution in [-0.4, -0.2) is 49.3 Å². The van der Waals surface area contributed by atoms with Crippen molar-refractivity contribution in [3.8, 4) is 0 Å². The van der Waals surface area contributed by atoms with E-state index < -0.39 is 0 Å². The number of carbonyl (C=O) groups is 1. The average molecular weight is 233 g/mol. The Labute approximate surface area is 99.6 Å². The van der Waals surface area contributed by atoms with Gasteiger partial charge >= 0.3 is 0 Å². The van der Waals surface area contributed by atoms with Crippen LogP contribution in [0.1, 0.15) is 34.1 Å². The number of ether oxygens (including phenoxy) is 1. The minimum absolute atomic E-state index is 0.0509. The van der Waals surface area contributed by atoms with E-state index in [2.05, 4.69) is 9.64 Å². The molecule has 0 amide bonds. The van der Waals surface area contributed by atoms with Gasteiger partial charge in [0, 0.05) is 13.1 Å². The number of carbonyl (C=O) groups excluding carboxylic acids is 1. The van der Waals surface area contributed by atoms with Crippen molar-refractivity contribution in [2.75, 3.05) is 26.7 Å². The molecule has 0 saturated carbocycles. The second-order valence-electron chi connectivity index (χ2n) is 4.03. The fraction of sp³-hybridized carbons (Fsp3) is 0.917. The Kier molecular flexibility index (Phi) is 13.8. The van der Waals surface area contributed by atoms with Crippen LogP contribution in [-0.2, 0) is 9.53 Å². The van der Waals surface area contributed by atoms with Crippen molar-refractivity contribution in [1.82, 2.24) is 4.90 Å². The monoisotopic (exact) mass is 233 g/mol. The standard InChI is InChI=1S/C5H11NO.C5H10O2.C2H6/c1-6-3-2-5(7)4-6;1-5(2)3-7-4-6;1-2/h5,7H,2-4H2,1H3;4-5H,3H2,1-2H3;1-2H3. The number of hydrogen-bond donors (Lipinski definition) is 1. The van der Waals surface area contributed by atoms with Crippen molar-refractivity contribution in [3.05, 3.63) is 0 Å². The number of hydrogen-bond acceptors (Lipinski definition) is 4. The molecule has 1 rings (SSSR count). The summed E-state index contributed by atoms with van der Waals surface area (Å²) in [6, 6.07) is 0. The Morgan fingerprint density at radius 3 is 2.19 bits per heavy atom. The molecule has 0 spiro atoms. The summed E-state index contributed by atoms with van der Waals surface area (Å²) in [6.45, 7) is 10.9. The topological polar surface area (TPSA) is 49.8 Å². The number of aliphatic hydroxyl groups is 1. The van der Waals surface area contributed by atoms with E-state index in [1.54, 1.807) is 0 Å². The predicted octanol–water partition coefficient (Wildman–Crippen LogP) is 1.52. The second-order valence-corrected chi connectivity index (χ2v) is 4.03. The Hall–Kier alpha value is -0.610. The fourth-order valence-electron chi connectivity index (χ4n) is 1.14. The van der Waals surface area contributed by atoms with Crippen molar-refractivity contribution in [1.29, 1.82) is 0 Å². The number of rotatable bonds is 3. The Morgan fingerprint density at radius 1 is 1.50 bits per heavy atom. The molecule has 0 bridgehead atoms. The van der Waals surface area contributed by atoms with Crippen LogP contribution in [0.5, 0.6) is 0 Å². The summed E-state index contributed by atoms with van der Waals surface area (Å²) < 4.78 is 4.41. The fourth-order valence-corrected chi connectivity index (χ4v) is 1.14. The van der Waals surface area contributed by atoms with E-state index in [0.29, 0.717) is 19.0 Å². The highest BCUT2D eigenvalue weighted by atomic mass is 16.5. The van der Waals surface area contributed by atoms with Crippen molar-refractivity contribution < 1.29 is 14.6 Å². The lowest BCUT2D eigenvalue weighted by Crippen LogP contribution is -2.15. The SMILES string of the molecule is CC.CC(C)COC=O.CN1CCC(O)C1. The number of likely N-dealkylation sites (N-methyl/N-ethyl adjacent to an activating group) is 1. The molecule has 1 aliphatic rings. The molecular weight excluding hydrogens is 206 g/mol. The van der Waals surface area contributed by atoms with Gasteiger partial charge in [-0.3, -0.25) is 4.79 Å².